The fourth-order valence-electron chi connectivity index (χ4n) is 3.33. The number of aromatic nitrogens is 4. The molecule has 0 amide bonds. The first-order chi connectivity index (χ1) is 12.8. The smallest absolute Gasteiger partial charge is 0.291 e. The van der Waals surface area contributed by atoms with Crippen molar-refractivity contribution in [1.82, 2.24) is 19.7 Å². The van der Waals surface area contributed by atoms with Crippen molar-refractivity contribution in [3.8, 4) is 0 Å². The van der Waals surface area contributed by atoms with Crippen LogP contribution in [0.3, 0.4) is 0 Å². The maximum Gasteiger partial charge on any atom is 0.416 e. The highest BCUT2D eigenvalue weighted by Gasteiger charge is 2.37. The van der Waals surface area contributed by atoms with E-state index in [0.717, 1.165) is 25.0 Å². The highest BCUT2D eigenvalue weighted by atomic mass is 19.4. The van der Waals surface area contributed by atoms with Crippen LogP contribution in [0.1, 0.15) is 35.7 Å². The summed E-state index contributed by atoms with van der Waals surface area (Å²) in [6.45, 7) is -1.01. The highest BCUT2D eigenvalue weighted by Crippen LogP contribution is 2.44. The minimum atomic E-state index is -4.45. The van der Waals surface area contributed by atoms with Gasteiger partial charge in [-0.2, -0.15) is 18.3 Å². The van der Waals surface area contributed by atoms with Crippen LogP contribution >= 0.6 is 0 Å². The Morgan fingerprint density at radius 2 is 1.81 bits per heavy atom. The number of halogens is 4. The van der Waals surface area contributed by atoms with Gasteiger partial charge < -0.3 is 0 Å². The number of rotatable bonds is 4. The van der Waals surface area contributed by atoms with Gasteiger partial charge in [-0.25, -0.2) is 13.9 Å². The Kier molecular flexibility index (Phi) is 3.93. The monoisotopic (exact) mass is 382 g/mol. The van der Waals surface area contributed by atoms with E-state index in [0.29, 0.717) is 5.56 Å². The van der Waals surface area contributed by atoms with Crippen molar-refractivity contribution < 1.29 is 17.6 Å². The van der Waals surface area contributed by atoms with Crippen molar-refractivity contribution in [3.63, 3.8) is 0 Å². The summed E-state index contributed by atoms with van der Waals surface area (Å²) in [6.07, 6.45) is -2.83. The van der Waals surface area contributed by atoms with Crippen molar-refractivity contribution in [2.24, 2.45) is 5.92 Å². The van der Waals surface area contributed by atoms with Gasteiger partial charge in [-0.05, 0) is 36.5 Å². The summed E-state index contributed by atoms with van der Waals surface area (Å²) in [5.74, 6) is 0.0695. The molecule has 10 heteroatoms. The van der Waals surface area contributed by atoms with Crippen LogP contribution in [0.4, 0.5) is 17.6 Å². The van der Waals surface area contributed by atoms with Crippen LogP contribution in [0.5, 0.6) is 0 Å². The van der Waals surface area contributed by atoms with Crippen molar-refractivity contribution in [2.75, 3.05) is 0 Å². The van der Waals surface area contributed by atoms with Gasteiger partial charge in [-0.15, -0.1) is 0 Å². The van der Waals surface area contributed by atoms with Crippen LogP contribution in [0.15, 0.2) is 33.9 Å². The normalized spacial score (nSPS) is 16.0. The fraction of sp³-hybridized carbons (Fsp3) is 0.353. The van der Waals surface area contributed by atoms with E-state index in [1.807, 2.05) is 4.98 Å². The predicted molar refractivity (Wildman–Crippen MR) is 88.1 cm³/mol. The first-order valence-corrected chi connectivity index (χ1v) is 8.26. The Hall–Kier alpha value is -2.91. The molecule has 4 rings (SSSR count). The lowest BCUT2D eigenvalue weighted by Crippen LogP contribution is -2.24. The van der Waals surface area contributed by atoms with E-state index in [1.165, 1.54) is 16.8 Å². The topological polar surface area (TPSA) is 83.5 Å². The number of nitrogens with one attached hydrogen (secondary N) is 2. The Labute approximate surface area is 148 Å². The van der Waals surface area contributed by atoms with Gasteiger partial charge in [0.2, 0.25) is 0 Å². The number of nitrogens with zero attached hydrogens (tertiary/aromatic N) is 2. The summed E-state index contributed by atoms with van der Waals surface area (Å²) >= 11 is 0. The standard InChI is InChI=1S/C17H14F4N4O2/c18-7-11-12-14(22-16(27)23-15(12)26)25(24-11)13(8-1-2-8)9-3-5-10(6-4-9)17(19,20)21/h3-6,8,13H,1-2,7H2,(H2,22,23,26,27). The van der Waals surface area contributed by atoms with Crippen LogP contribution in [-0.2, 0) is 12.9 Å². The SMILES string of the molecule is O=c1[nH]c(=O)c2c(CF)nn(C(c3ccc(C(F)(F)F)cc3)C3CC3)c2[nH]1. The molecule has 6 nitrogen and oxygen atoms in total. The van der Waals surface area contributed by atoms with E-state index in [9.17, 15) is 27.2 Å². The molecule has 1 unspecified atom stereocenters. The summed E-state index contributed by atoms with van der Waals surface area (Å²) < 4.78 is 53.2. The van der Waals surface area contributed by atoms with E-state index in [4.69, 9.17) is 0 Å². The lowest BCUT2D eigenvalue weighted by Gasteiger charge is -2.19. The van der Waals surface area contributed by atoms with Crippen molar-refractivity contribution in [3.05, 3.63) is 61.9 Å². The third kappa shape index (κ3) is 3.04. The van der Waals surface area contributed by atoms with E-state index in [1.54, 1.807) is 0 Å². The van der Waals surface area contributed by atoms with Gasteiger partial charge in [0.25, 0.3) is 5.56 Å². The summed E-state index contributed by atoms with van der Waals surface area (Å²) in [4.78, 5) is 28.3. The number of hydrogen-bond donors (Lipinski definition) is 2. The molecule has 1 saturated carbocycles. The van der Waals surface area contributed by atoms with Gasteiger partial charge in [0.1, 0.15) is 23.4 Å². The van der Waals surface area contributed by atoms with E-state index >= 15 is 0 Å². The van der Waals surface area contributed by atoms with E-state index in [2.05, 4.69) is 10.1 Å². The van der Waals surface area contributed by atoms with Crippen molar-refractivity contribution >= 4 is 11.0 Å². The molecule has 0 saturated heterocycles. The third-order valence-electron chi connectivity index (χ3n) is 4.71. The number of H-pyrrole nitrogens is 2. The molecule has 1 aromatic carbocycles. The number of alkyl halides is 4. The molecule has 0 radical (unpaired) electrons. The molecular weight excluding hydrogens is 368 g/mol. The molecule has 1 fully saturated rings. The largest absolute Gasteiger partial charge is 0.416 e. The Morgan fingerprint density at radius 1 is 1.15 bits per heavy atom. The molecule has 27 heavy (non-hydrogen) atoms. The third-order valence-corrected chi connectivity index (χ3v) is 4.71. The number of hydrogen-bond acceptors (Lipinski definition) is 3. The average molecular weight is 382 g/mol. The molecule has 1 atom stereocenters. The summed E-state index contributed by atoms with van der Waals surface area (Å²) in [6, 6.07) is 4.14. The predicted octanol–water partition coefficient (Wildman–Crippen LogP) is 2.90. The zero-order chi connectivity index (χ0) is 19.3. The van der Waals surface area contributed by atoms with Gasteiger partial charge in [0, 0.05) is 0 Å². The fourth-order valence-corrected chi connectivity index (χ4v) is 3.33. The summed E-state index contributed by atoms with van der Waals surface area (Å²) in [5, 5.41) is 4.09. The second-order valence-electron chi connectivity index (χ2n) is 6.56. The first-order valence-electron chi connectivity index (χ1n) is 8.26. The maximum absolute atomic E-state index is 13.4. The Morgan fingerprint density at radius 3 is 2.37 bits per heavy atom. The molecule has 142 valence electrons. The maximum atomic E-state index is 13.4. The van der Waals surface area contributed by atoms with Gasteiger partial charge in [0.05, 0.1) is 11.6 Å². The molecule has 3 aromatic rings. The molecule has 0 aliphatic heterocycles. The van der Waals surface area contributed by atoms with Crippen LogP contribution in [-0.4, -0.2) is 19.7 Å². The number of benzene rings is 1. The number of fused-ring (bicyclic) bond motifs is 1. The Bertz CT molecular complexity index is 1110. The zero-order valence-electron chi connectivity index (χ0n) is 13.8. The summed E-state index contributed by atoms with van der Waals surface area (Å²) in [5.41, 5.74) is -1.81. The van der Waals surface area contributed by atoms with E-state index < -0.39 is 35.7 Å². The molecule has 2 N–H and O–H groups in total. The quantitative estimate of drug-likeness (QED) is 0.681. The van der Waals surface area contributed by atoms with Gasteiger partial charge in [-0.3, -0.25) is 14.8 Å². The van der Waals surface area contributed by atoms with E-state index in [-0.39, 0.29) is 22.6 Å². The highest BCUT2D eigenvalue weighted by molar-refractivity contribution is 5.77. The van der Waals surface area contributed by atoms with Crippen molar-refractivity contribution in [1.29, 1.82) is 0 Å². The molecule has 0 bridgehead atoms. The lowest BCUT2D eigenvalue weighted by atomic mass is 10.0. The molecule has 1 aliphatic carbocycles. The molecular formula is C17H14F4N4O2. The zero-order valence-corrected chi connectivity index (χ0v) is 13.8. The van der Waals surface area contributed by atoms with Gasteiger partial charge in [-0.1, -0.05) is 12.1 Å². The molecule has 2 aromatic heterocycles. The minimum absolute atomic E-state index is 0.0605. The number of aromatic amines is 2. The lowest BCUT2D eigenvalue weighted by molar-refractivity contribution is -0.137. The van der Waals surface area contributed by atoms with Gasteiger partial charge in [0.15, 0.2) is 0 Å². The second-order valence-corrected chi connectivity index (χ2v) is 6.56. The summed E-state index contributed by atoms with van der Waals surface area (Å²) in [7, 11) is 0. The Balaban J connectivity index is 1.89. The minimum Gasteiger partial charge on any atom is -0.291 e. The first kappa shape index (κ1) is 17.5. The van der Waals surface area contributed by atoms with Crippen LogP contribution in [0, 0.1) is 5.92 Å². The van der Waals surface area contributed by atoms with Crippen LogP contribution in [0.2, 0.25) is 0 Å². The molecule has 0 spiro atoms. The average Bonchev–Trinajstić information content (AvgIpc) is 3.36. The molecule has 2 heterocycles. The van der Waals surface area contributed by atoms with Crippen LogP contribution < -0.4 is 11.2 Å². The van der Waals surface area contributed by atoms with Crippen LogP contribution in [0.25, 0.3) is 11.0 Å². The van der Waals surface area contributed by atoms with Gasteiger partial charge >= 0.3 is 11.9 Å². The second kappa shape index (κ2) is 6.07. The van der Waals surface area contributed by atoms with Crippen molar-refractivity contribution in [2.45, 2.75) is 31.7 Å². The molecule has 1 aliphatic rings.